The summed E-state index contributed by atoms with van der Waals surface area (Å²) in [7, 11) is 0.724. The van der Waals surface area contributed by atoms with Crippen molar-refractivity contribution in [3.8, 4) is 11.4 Å². The lowest BCUT2D eigenvalue weighted by Gasteiger charge is -2.13. The van der Waals surface area contributed by atoms with Crippen LogP contribution in [0.25, 0.3) is 28.2 Å². The number of hydroxylamine groups is 2. The van der Waals surface area contributed by atoms with Crippen LogP contribution in [0.1, 0.15) is 23.0 Å². The molecule has 0 aromatic carbocycles. The van der Waals surface area contributed by atoms with Gasteiger partial charge in [-0.05, 0) is 12.1 Å². The fourth-order valence-electron chi connectivity index (χ4n) is 3.35. The van der Waals surface area contributed by atoms with E-state index in [1.807, 2.05) is 0 Å². The van der Waals surface area contributed by atoms with Crippen LogP contribution >= 0.6 is 0 Å². The minimum absolute atomic E-state index is 0.00407. The molecule has 4 aromatic heterocycles. The van der Waals surface area contributed by atoms with E-state index in [1.54, 1.807) is 0 Å². The van der Waals surface area contributed by atoms with Crippen molar-refractivity contribution < 1.29 is 27.0 Å². The van der Waals surface area contributed by atoms with Gasteiger partial charge in [0.1, 0.15) is 17.0 Å². The molecule has 1 amide bonds. The maximum atomic E-state index is 13.2. The monoisotopic (exact) mass is 496 g/mol. The van der Waals surface area contributed by atoms with Crippen LogP contribution in [0.5, 0.6) is 0 Å². The molecule has 4 aromatic rings. The largest absolute Gasteiger partial charge is 0.417 e. The first kappa shape index (κ1) is 23.6. The zero-order valence-corrected chi connectivity index (χ0v) is 19.2. The van der Waals surface area contributed by atoms with Crippen molar-refractivity contribution in [3.05, 3.63) is 35.8 Å². The molecule has 0 aliphatic carbocycles. The summed E-state index contributed by atoms with van der Waals surface area (Å²) in [6.07, 6.45) is -2.60. The molecule has 0 fully saturated rings. The summed E-state index contributed by atoms with van der Waals surface area (Å²) in [5.41, 5.74) is -0.788. The van der Waals surface area contributed by atoms with Gasteiger partial charge in [-0.15, -0.1) is 0 Å². The van der Waals surface area contributed by atoms with Crippen LogP contribution < -0.4 is 0 Å². The predicted octanol–water partition coefficient (Wildman–Crippen LogP) is 2.76. The van der Waals surface area contributed by atoms with E-state index in [0.717, 1.165) is 15.6 Å². The normalized spacial score (nSPS) is 14.0. The van der Waals surface area contributed by atoms with Gasteiger partial charge in [0.2, 0.25) is 0 Å². The highest BCUT2D eigenvalue weighted by Gasteiger charge is 2.33. The first-order valence-corrected chi connectivity index (χ1v) is 11.5. The number of halogens is 3. The van der Waals surface area contributed by atoms with Crippen LogP contribution in [0, 0.1) is 4.78 Å². The van der Waals surface area contributed by atoms with Crippen LogP contribution in [0.4, 0.5) is 13.2 Å². The lowest BCUT2D eigenvalue weighted by Crippen LogP contribution is -2.27. The van der Waals surface area contributed by atoms with Crippen LogP contribution in [0.15, 0.2) is 29.6 Å². The summed E-state index contributed by atoms with van der Waals surface area (Å²) in [5, 5.41) is 5.02. The molecule has 0 saturated carbocycles. The Morgan fingerprint density at radius 3 is 2.62 bits per heavy atom. The van der Waals surface area contributed by atoms with Crippen LogP contribution in [0.3, 0.4) is 0 Å². The van der Waals surface area contributed by atoms with Crippen molar-refractivity contribution in [2.75, 3.05) is 19.9 Å². The van der Waals surface area contributed by atoms with E-state index >= 15 is 0 Å². The third-order valence-electron chi connectivity index (χ3n) is 5.24. The number of nitrogens with zero attached hydrogens (tertiary/aromatic N) is 7. The lowest BCUT2D eigenvalue weighted by atomic mass is 10.2. The Balaban J connectivity index is 2.07. The fraction of sp³-hybridized carbons (Fsp3) is 0.316. The number of rotatable bonds is 5. The molecule has 4 rings (SSSR count). The summed E-state index contributed by atoms with van der Waals surface area (Å²) in [6, 6.07) is 2.22. The van der Waals surface area contributed by atoms with E-state index in [1.165, 1.54) is 45.0 Å². The number of aryl methyl sites for hydroxylation is 1. The topological polar surface area (TPSA) is 131 Å². The maximum absolute atomic E-state index is 13.2. The third-order valence-corrected chi connectivity index (χ3v) is 6.97. The molecule has 0 aliphatic heterocycles. The second kappa shape index (κ2) is 8.02. The molecule has 0 radical (unpaired) electrons. The second-order valence-electron chi connectivity index (χ2n) is 7.25. The van der Waals surface area contributed by atoms with E-state index in [0.29, 0.717) is 6.20 Å². The number of carbonyl (C=O) groups excluding carboxylic acids is 1. The molecule has 4 heterocycles. The van der Waals surface area contributed by atoms with Crippen molar-refractivity contribution in [1.82, 2.24) is 34.2 Å². The molecule has 0 saturated heterocycles. The van der Waals surface area contributed by atoms with E-state index in [4.69, 9.17) is 9.62 Å². The van der Waals surface area contributed by atoms with Gasteiger partial charge < -0.3 is 4.57 Å². The van der Waals surface area contributed by atoms with Gasteiger partial charge in [0, 0.05) is 32.2 Å². The lowest BCUT2D eigenvalue weighted by molar-refractivity contribution is -0.137. The number of pyridine rings is 1. The van der Waals surface area contributed by atoms with E-state index in [2.05, 4.69) is 20.1 Å². The average Bonchev–Trinajstić information content (AvgIpc) is 3.35. The summed E-state index contributed by atoms with van der Waals surface area (Å²) < 4.78 is 63.6. The first-order chi connectivity index (χ1) is 15.9. The molecule has 0 bridgehead atoms. The maximum Gasteiger partial charge on any atom is 0.417 e. The number of hydrogen-bond acceptors (Lipinski definition) is 8. The Bertz CT molecular complexity index is 1540. The highest BCUT2D eigenvalue weighted by Crippen LogP contribution is 2.35. The highest BCUT2D eigenvalue weighted by molar-refractivity contribution is 7.92. The number of fused-ring (bicyclic) bond motifs is 2. The minimum atomic E-state index is -4.61. The standard InChI is InChI=1S/C19H19F3N8O3S/c1-5-34(23,32)17-13(15-24-7-6-12(30(15)27-17)18(31)29(3)33-4)16-26-11-8-10(19(20,21)22)9-25-14(11)28(16)2/h6-9,23H,5H2,1-4H3. The van der Waals surface area contributed by atoms with Gasteiger partial charge in [0.05, 0.1) is 28.0 Å². The predicted molar refractivity (Wildman–Crippen MR) is 114 cm³/mol. The minimum Gasteiger partial charge on any atom is -0.312 e. The fourth-order valence-corrected chi connectivity index (χ4v) is 4.35. The van der Waals surface area contributed by atoms with Gasteiger partial charge in [-0.3, -0.25) is 9.63 Å². The molecule has 1 N–H and O–H groups in total. The van der Waals surface area contributed by atoms with Gasteiger partial charge >= 0.3 is 6.18 Å². The van der Waals surface area contributed by atoms with Crippen molar-refractivity contribution in [2.24, 2.45) is 7.05 Å². The van der Waals surface area contributed by atoms with Gasteiger partial charge in [0.15, 0.2) is 16.3 Å². The summed E-state index contributed by atoms with van der Waals surface area (Å²) in [5.74, 6) is -0.645. The van der Waals surface area contributed by atoms with Crippen LogP contribution in [0.2, 0.25) is 0 Å². The number of alkyl halides is 3. The molecule has 11 nitrogen and oxygen atoms in total. The SMILES string of the molecule is CCS(=N)(=O)c1nn2c(C(=O)N(C)OC)ccnc2c1-c1nc2cc(C(F)(F)F)cnc2n1C. The Kier molecular flexibility index (Phi) is 5.56. The molecular formula is C19H19F3N8O3S. The second-order valence-corrected chi connectivity index (χ2v) is 9.57. The molecular weight excluding hydrogens is 477 g/mol. The van der Waals surface area contributed by atoms with Gasteiger partial charge in [-0.25, -0.2) is 33.5 Å². The van der Waals surface area contributed by atoms with Crippen LogP contribution in [-0.2, 0) is 27.8 Å². The number of nitrogens with one attached hydrogen (secondary N) is 1. The van der Waals surface area contributed by atoms with Crippen molar-refractivity contribution in [2.45, 2.75) is 18.1 Å². The Morgan fingerprint density at radius 1 is 1.29 bits per heavy atom. The van der Waals surface area contributed by atoms with Crippen molar-refractivity contribution >= 4 is 32.4 Å². The van der Waals surface area contributed by atoms with Crippen LogP contribution in [-0.4, -0.2) is 64.2 Å². The van der Waals surface area contributed by atoms with Gasteiger partial charge in [-0.2, -0.15) is 18.3 Å². The molecule has 0 spiro atoms. The Labute approximate surface area is 191 Å². The third kappa shape index (κ3) is 3.66. The number of aromatic nitrogens is 6. The first-order valence-electron chi connectivity index (χ1n) is 9.77. The smallest absolute Gasteiger partial charge is 0.312 e. The van der Waals surface area contributed by atoms with Crippen molar-refractivity contribution in [1.29, 1.82) is 4.78 Å². The average molecular weight is 496 g/mol. The van der Waals surface area contributed by atoms with E-state index < -0.39 is 27.4 Å². The van der Waals surface area contributed by atoms with Crippen molar-refractivity contribution in [3.63, 3.8) is 0 Å². The molecule has 180 valence electrons. The quantitative estimate of drug-likeness (QED) is 0.420. The summed E-state index contributed by atoms with van der Waals surface area (Å²) in [6.45, 7) is 1.54. The molecule has 15 heteroatoms. The van der Waals surface area contributed by atoms with E-state index in [-0.39, 0.29) is 44.7 Å². The summed E-state index contributed by atoms with van der Waals surface area (Å²) >= 11 is 0. The van der Waals surface area contributed by atoms with Gasteiger partial charge in [0.25, 0.3) is 5.91 Å². The Hall–Kier alpha value is -3.59. The summed E-state index contributed by atoms with van der Waals surface area (Å²) in [4.78, 5) is 30.1. The molecule has 34 heavy (non-hydrogen) atoms. The number of amides is 1. The molecule has 1 unspecified atom stereocenters. The highest BCUT2D eigenvalue weighted by atomic mass is 32.2. The van der Waals surface area contributed by atoms with E-state index in [9.17, 15) is 22.2 Å². The zero-order chi connectivity index (χ0) is 25.0. The molecule has 0 aliphatic rings. The number of imidazole rings is 1. The zero-order valence-electron chi connectivity index (χ0n) is 18.4. The number of hydrogen-bond donors (Lipinski definition) is 1. The number of carbonyl (C=O) groups is 1. The molecule has 1 atom stereocenters. The Morgan fingerprint density at radius 2 is 2.00 bits per heavy atom. The van der Waals surface area contributed by atoms with Gasteiger partial charge in [-0.1, -0.05) is 6.92 Å².